The van der Waals surface area contributed by atoms with Gasteiger partial charge in [-0.2, -0.15) is 0 Å². The molecule has 0 spiro atoms. The second-order valence-electron chi connectivity index (χ2n) is 5.06. The van der Waals surface area contributed by atoms with Crippen LogP contribution in [0.15, 0.2) is 42.7 Å². The average Bonchev–Trinajstić information content (AvgIpc) is 2.48. The van der Waals surface area contributed by atoms with E-state index in [4.69, 9.17) is 0 Å². The number of nitrogens with one attached hydrogen (secondary N) is 1. The lowest BCUT2D eigenvalue weighted by atomic mass is 10.2. The molecule has 0 amide bonds. The molecular formula is C16H22N4. The molecule has 1 aromatic carbocycles. The quantitative estimate of drug-likeness (QED) is 0.874. The van der Waals surface area contributed by atoms with E-state index >= 15 is 0 Å². The van der Waals surface area contributed by atoms with Gasteiger partial charge < -0.3 is 10.2 Å². The highest BCUT2D eigenvalue weighted by Crippen LogP contribution is 2.16. The molecule has 0 aliphatic carbocycles. The molecule has 4 heteroatoms. The largest absolute Gasteiger partial charge is 0.367 e. The summed E-state index contributed by atoms with van der Waals surface area (Å²) >= 11 is 0. The third-order valence-corrected chi connectivity index (χ3v) is 3.31. The Morgan fingerprint density at radius 2 is 1.95 bits per heavy atom. The summed E-state index contributed by atoms with van der Waals surface area (Å²) in [6.07, 6.45) is 2.68. The SMILES string of the molecule is CCC(C)Nc1cc(N(C)Cc2ccccc2)ncn1. The fraction of sp³-hybridized carbons (Fsp3) is 0.375. The fourth-order valence-corrected chi connectivity index (χ4v) is 1.93. The molecule has 0 aliphatic rings. The van der Waals surface area contributed by atoms with E-state index in [1.165, 1.54) is 5.56 Å². The van der Waals surface area contributed by atoms with E-state index in [1.54, 1.807) is 6.33 Å². The molecule has 106 valence electrons. The van der Waals surface area contributed by atoms with Gasteiger partial charge in [0.25, 0.3) is 0 Å². The van der Waals surface area contributed by atoms with Crippen LogP contribution in [-0.2, 0) is 6.54 Å². The zero-order valence-electron chi connectivity index (χ0n) is 12.4. The van der Waals surface area contributed by atoms with Gasteiger partial charge in [-0.05, 0) is 18.9 Å². The Balaban J connectivity index is 2.06. The summed E-state index contributed by atoms with van der Waals surface area (Å²) in [5.74, 6) is 1.80. The normalized spacial score (nSPS) is 11.9. The fourth-order valence-electron chi connectivity index (χ4n) is 1.93. The van der Waals surface area contributed by atoms with E-state index in [1.807, 2.05) is 19.2 Å². The summed E-state index contributed by atoms with van der Waals surface area (Å²) < 4.78 is 0. The Morgan fingerprint density at radius 3 is 2.65 bits per heavy atom. The van der Waals surface area contributed by atoms with Crippen molar-refractivity contribution in [3.8, 4) is 0 Å². The number of aromatic nitrogens is 2. The van der Waals surface area contributed by atoms with Crippen LogP contribution < -0.4 is 10.2 Å². The summed E-state index contributed by atoms with van der Waals surface area (Å²) in [5, 5.41) is 3.37. The van der Waals surface area contributed by atoms with E-state index in [0.29, 0.717) is 6.04 Å². The number of rotatable bonds is 6. The molecule has 1 atom stereocenters. The van der Waals surface area contributed by atoms with Crippen molar-refractivity contribution in [3.05, 3.63) is 48.3 Å². The third kappa shape index (κ3) is 3.95. The van der Waals surface area contributed by atoms with Crippen molar-refractivity contribution in [2.24, 2.45) is 0 Å². The van der Waals surface area contributed by atoms with Crippen LogP contribution in [0.2, 0.25) is 0 Å². The summed E-state index contributed by atoms with van der Waals surface area (Å²) in [6.45, 7) is 5.14. The van der Waals surface area contributed by atoms with Gasteiger partial charge in [0.05, 0.1) is 0 Å². The predicted octanol–water partition coefficient (Wildman–Crippen LogP) is 3.32. The van der Waals surface area contributed by atoms with Crippen molar-refractivity contribution in [2.45, 2.75) is 32.9 Å². The van der Waals surface area contributed by atoms with Gasteiger partial charge in [0.15, 0.2) is 0 Å². The maximum atomic E-state index is 4.34. The number of nitrogens with zero attached hydrogens (tertiary/aromatic N) is 3. The van der Waals surface area contributed by atoms with E-state index in [0.717, 1.165) is 24.6 Å². The van der Waals surface area contributed by atoms with Gasteiger partial charge in [-0.3, -0.25) is 0 Å². The van der Waals surface area contributed by atoms with Gasteiger partial charge >= 0.3 is 0 Å². The van der Waals surface area contributed by atoms with Crippen LogP contribution in [0.3, 0.4) is 0 Å². The molecule has 4 nitrogen and oxygen atoms in total. The maximum Gasteiger partial charge on any atom is 0.134 e. The van der Waals surface area contributed by atoms with E-state index in [-0.39, 0.29) is 0 Å². The first-order valence-corrected chi connectivity index (χ1v) is 7.02. The Hall–Kier alpha value is -2.10. The van der Waals surface area contributed by atoms with E-state index in [9.17, 15) is 0 Å². The Kier molecular flexibility index (Phi) is 4.93. The van der Waals surface area contributed by atoms with Crippen molar-refractivity contribution in [3.63, 3.8) is 0 Å². The van der Waals surface area contributed by atoms with Crippen molar-refractivity contribution in [1.29, 1.82) is 0 Å². The Bertz CT molecular complexity index is 527. The van der Waals surface area contributed by atoms with Crippen LogP contribution in [0.25, 0.3) is 0 Å². The van der Waals surface area contributed by atoms with Gasteiger partial charge in [0, 0.05) is 25.7 Å². The minimum Gasteiger partial charge on any atom is -0.367 e. The van der Waals surface area contributed by atoms with Gasteiger partial charge in [0.2, 0.25) is 0 Å². The van der Waals surface area contributed by atoms with Crippen LogP contribution in [0.4, 0.5) is 11.6 Å². The average molecular weight is 270 g/mol. The summed E-state index contributed by atoms with van der Waals surface area (Å²) in [4.78, 5) is 10.7. The lowest BCUT2D eigenvalue weighted by Crippen LogP contribution is -2.19. The molecule has 0 aliphatic heterocycles. The summed E-state index contributed by atoms with van der Waals surface area (Å²) in [7, 11) is 2.04. The molecule has 20 heavy (non-hydrogen) atoms. The molecule has 0 fully saturated rings. The second kappa shape index (κ2) is 6.89. The van der Waals surface area contributed by atoms with Gasteiger partial charge in [-0.25, -0.2) is 9.97 Å². The molecule has 0 saturated heterocycles. The Labute approximate surface area is 120 Å². The van der Waals surface area contributed by atoms with Crippen LogP contribution in [-0.4, -0.2) is 23.1 Å². The molecule has 0 radical (unpaired) electrons. The van der Waals surface area contributed by atoms with E-state index in [2.05, 4.69) is 58.3 Å². The van der Waals surface area contributed by atoms with Crippen LogP contribution in [0.5, 0.6) is 0 Å². The molecule has 1 N–H and O–H groups in total. The molecule has 0 saturated carbocycles. The van der Waals surface area contributed by atoms with Crippen LogP contribution in [0, 0.1) is 0 Å². The smallest absolute Gasteiger partial charge is 0.134 e. The van der Waals surface area contributed by atoms with Gasteiger partial charge in [0.1, 0.15) is 18.0 Å². The minimum absolute atomic E-state index is 0.414. The van der Waals surface area contributed by atoms with Crippen molar-refractivity contribution >= 4 is 11.6 Å². The maximum absolute atomic E-state index is 4.34. The van der Waals surface area contributed by atoms with Crippen molar-refractivity contribution in [1.82, 2.24) is 9.97 Å². The minimum atomic E-state index is 0.414. The molecule has 1 aromatic heterocycles. The molecule has 2 aromatic rings. The highest BCUT2D eigenvalue weighted by molar-refractivity contribution is 5.48. The van der Waals surface area contributed by atoms with E-state index < -0.39 is 0 Å². The number of benzene rings is 1. The molecule has 2 rings (SSSR count). The monoisotopic (exact) mass is 270 g/mol. The Morgan fingerprint density at radius 1 is 1.20 bits per heavy atom. The number of anilines is 2. The molecule has 1 heterocycles. The standard InChI is InChI=1S/C16H22N4/c1-4-13(2)19-15-10-16(18-12-17-15)20(3)11-14-8-6-5-7-9-14/h5-10,12-13H,4,11H2,1-3H3,(H,17,18,19). The second-order valence-corrected chi connectivity index (χ2v) is 5.06. The first-order chi connectivity index (χ1) is 9.69. The highest BCUT2D eigenvalue weighted by Gasteiger charge is 2.06. The zero-order chi connectivity index (χ0) is 14.4. The van der Waals surface area contributed by atoms with Crippen LogP contribution in [0.1, 0.15) is 25.8 Å². The molecule has 0 bridgehead atoms. The van der Waals surface area contributed by atoms with Crippen LogP contribution >= 0.6 is 0 Å². The van der Waals surface area contributed by atoms with Crippen molar-refractivity contribution in [2.75, 3.05) is 17.3 Å². The first kappa shape index (κ1) is 14.3. The molecular weight excluding hydrogens is 248 g/mol. The lowest BCUT2D eigenvalue weighted by molar-refractivity contribution is 0.757. The third-order valence-electron chi connectivity index (χ3n) is 3.31. The first-order valence-electron chi connectivity index (χ1n) is 7.02. The van der Waals surface area contributed by atoms with Gasteiger partial charge in [-0.1, -0.05) is 37.3 Å². The highest BCUT2D eigenvalue weighted by atomic mass is 15.2. The summed E-state index contributed by atoms with van der Waals surface area (Å²) in [6, 6.07) is 12.8. The summed E-state index contributed by atoms with van der Waals surface area (Å²) in [5.41, 5.74) is 1.27. The zero-order valence-corrected chi connectivity index (χ0v) is 12.4. The number of hydrogen-bond donors (Lipinski definition) is 1. The lowest BCUT2D eigenvalue weighted by Gasteiger charge is -2.19. The van der Waals surface area contributed by atoms with Gasteiger partial charge in [-0.15, -0.1) is 0 Å². The topological polar surface area (TPSA) is 41.0 Å². The predicted molar refractivity (Wildman–Crippen MR) is 84.0 cm³/mol. The number of hydrogen-bond acceptors (Lipinski definition) is 4. The molecule has 1 unspecified atom stereocenters. The van der Waals surface area contributed by atoms with Crippen molar-refractivity contribution < 1.29 is 0 Å².